The average molecular weight is 116 g/mol. The van der Waals surface area contributed by atoms with Crippen LogP contribution in [0.1, 0.15) is 6.92 Å². The Morgan fingerprint density at radius 3 is 2.62 bits per heavy atom. The summed E-state index contributed by atoms with van der Waals surface area (Å²) >= 11 is 0. The van der Waals surface area contributed by atoms with Crippen LogP contribution in [-0.4, -0.2) is 24.0 Å². The summed E-state index contributed by atoms with van der Waals surface area (Å²) in [5.41, 5.74) is 0. The molecule has 0 fully saturated rings. The van der Waals surface area contributed by atoms with Crippen molar-refractivity contribution >= 4 is 7.32 Å². The molecule has 0 heterocycles. The van der Waals surface area contributed by atoms with Gasteiger partial charge in [0.1, 0.15) is 0 Å². The molecule has 0 spiro atoms. The molecule has 0 aromatic carbocycles. The van der Waals surface area contributed by atoms with E-state index >= 15 is 0 Å². The molecule has 0 aliphatic rings. The SMILES string of the molecule is CC=CCOB(O)O. The summed E-state index contributed by atoms with van der Waals surface area (Å²) in [5, 5.41) is 16.2. The minimum Gasteiger partial charge on any atom is -0.402 e. The second kappa shape index (κ2) is 4.83. The predicted octanol–water partition coefficient (Wildman–Crippen LogP) is -0.451. The zero-order valence-corrected chi connectivity index (χ0v) is 4.74. The summed E-state index contributed by atoms with van der Waals surface area (Å²) in [6, 6.07) is 0. The maximum Gasteiger partial charge on any atom is 0.634 e. The lowest BCUT2D eigenvalue weighted by Gasteiger charge is -1.93. The summed E-state index contributed by atoms with van der Waals surface area (Å²) in [6.45, 7) is 2.07. The molecule has 0 saturated heterocycles. The van der Waals surface area contributed by atoms with Gasteiger partial charge in [0.25, 0.3) is 0 Å². The summed E-state index contributed by atoms with van der Waals surface area (Å²) < 4.78 is 4.31. The maximum absolute atomic E-state index is 8.08. The van der Waals surface area contributed by atoms with Gasteiger partial charge in [-0.25, -0.2) is 0 Å². The Bertz CT molecular complexity index is 71.7. The summed E-state index contributed by atoms with van der Waals surface area (Å²) in [5.74, 6) is 0. The normalized spacial score (nSPS) is 10.4. The van der Waals surface area contributed by atoms with E-state index in [2.05, 4.69) is 4.65 Å². The van der Waals surface area contributed by atoms with Gasteiger partial charge in [0.05, 0.1) is 6.61 Å². The van der Waals surface area contributed by atoms with E-state index in [1.807, 2.05) is 6.92 Å². The van der Waals surface area contributed by atoms with Crippen molar-refractivity contribution in [1.82, 2.24) is 0 Å². The van der Waals surface area contributed by atoms with E-state index in [4.69, 9.17) is 10.0 Å². The Kier molecular flexibility index (Phi) is 4.64. The molecule has 3 nitrogen and oxygen atoms in total. The van der Waals surface area contributed by atoms with Gasteiger partial charge in [0.15, 0.2) is 0 Å². The molecule has 0 unspecified atom stereocenters. The van der Waals surface area contributed by atoms with Crippen LogP contribution < -0.4 is 0 Å². The number of allylic oxidation sites excluding steroid dienone is 1. The first-order valence-corrected chi connectivity index (χ1v) is 2.36. The van der Waals surface area contributed by atoms with Crippen LogP contribution in [0.15, 0.2) is 12.2 Å². The van der Waals surface area contributed by atoms with Crippen molar-refractivity contribution in [3.63, 3.8) is 0 Å². The van der Waals surface area contributed by atoms with Crippen LogP contribution in [0.3, 0.4) is 0 Å². The van der Waals surface area contributed by atoms with E-state index in [1.54, 1.807) is 12.2 Å². The van der Waals surface area contributed by atoms with Gasteiger partial charge >= 0.3 is 7.32 Å². The molecule has 0 atom stereocenters. The number of hydrogen-bond acceptors (Lipinski definition) is 3. The first-order valence-electron chi connectivity index (χ1n) is 2.36. The molecule has 4 heteroatoms. The second-order valence-electron chi connectivity index (χ2n) is 1.23. The third-order valence-electron chi connectivity index (χ3n) is 0.577. The van der Waals surface area contributed by atoms with Crippen LogP contribution in [-0.2, 0) is 4.65 Å². The first kappa shape index (κ1) is 7.68. The quantitative estimate of drug-likeness (QED) is 0.387. The molecule has 0 amide bonds. The molecule has 2 N–H and O–H groups in total. The van der Waals surface area contributed by atoms with Crippen molar-refractivity contribution < 1.29 is 14.7 Å². The smallest absolute Gasteiger partial charge is 0.402 e. The second-order valence-corrected chi connectivity index (χ2v) is 1.23. The zero-order valence-electron chi connectivity index (χ0n) is 4.74. The van der Waals surface area contributed by atoms with Crippen LogP contribution in [0.5, 0.6) is 0 Å². The summed E-state index contributed by atoms with van der Waals surface area (Å²) in [6.07, 6.45) is 3.45. The molecule has 0 saturated carbocycles. The standard InChI is InChI=1S/C4H9BO3/c1-2-3-4-8-5(6)7/h2-3,6-7H,4H2,1H3. The Morgan fingerprint density at radius 2 is 2.25 bits per heavy atom. The van der Waals surface area contributed by atoms with Crippen LogP contribution in [0.25, 0.3) is 0 Å². The van der Waals surface area contributed by atoms with Gasteiger partial charge in [-0.2, -0.15) is 0 Å². The average Bonchev–Trinajstić information content (AvgIpc) is 1.66. The lowest BCUT2D eigenvalue weighted by Crippen LogP contribution is -2.16. The van der Waals surface area contributed by atoms with Gasteiger partial charge in [-0.1, -0.05) is 12.2 Å². The van der Waals surface area contributed by atoms with Crippen molar-refractivity contribution in [2.24, 2.45) is 0 Å². The fourth-order valence-electron chi connectivity index (χ4n) is 0.238. The van der Waals surface area contributed by atoms with Crippen molar-refractivity contribution in [3.8, 4) is 0 Å². The largest absolute Gasteiger partial charge is 0.634 e. The number of hydrogen-bond donors (Lipinski definition) is 2. The fraction of sp³-hybridized carbons (Fsp3) is 0.500. The highest BCUT2D eigenvalue weighted by Crippen LogP contribution is 1.76. The Morgan fingerprint density at radius 1 is 1.62 bits per heavy atom. The molecule has 0 aliphatic heterocycles. The van der Waals surface area contributed by atoms with Gasteiger partial charge in [0, 0.05) is 0 Å². The Balaban J connectivity index is 2.93. The summed E-state index contributed by atoms with van der Waals surface area (Å²) in [4.78, 5) is 0. The summed E-state index contributed by atoms with van der Waals surface area (Å²) in [7, 11) is -1.65. The Hall–Kier alpha value is -0.315. The van der Waals surface area contributed by atoms with E-state index in [-0.39, 0.29) is 6.61 Å². The molecular formula is C4H9BO3. The molecule has 8 heavy (non-hydrogen) atoms. The van der Waals surface area contributed by atoms with Gasteiger partial charge < -0.3 is 14.7 Å². The zero-order chi connectivity index (χ0) is 6.41. The lowest BCUT2D eigenvalue weighted by molar-refractivity contribution is 0.206. The van der Waals surface area contributed by atoms with Gasteiger partial charge in [-0.05, 0) is 6.92 Å². The molecule has 0 aromatic heterocycles. The van der Waals surface area contributed by atoms with E-state index in [1.165, 1.54) is 0 Å². The van der Waals surface area contributed by atoms with Crippen molar-refractivity contribution in [3.05, 3.63) is 12.2 Å². The maximum atomic E-state index is 8.08. The minimum atomic E-state index is -1.65. The Labute approximate surface area is 48.8 Å². The molecule has 0 aromatic rings. The van der Waals surface area contributed by atoms with Crippen LogP contribution in [0.2, 0.25) is 0 Å². The highest BCUT2D eigenvalue weighted by Gasteiger charge is 2.04. The molecular weight excluding hydrogens is 107 g/mol. The topological polar surface area (TPSA) is 49.7 Å². The van der Waals surface area contributed by atoms with Crippen LogP contribution in [0.4, 0.5) is 0 Å². The van der Waals surface area contributed by atoms with Crippen molar-refractivity contribution in [2.75, 3.05) is 6.61 Å². The van der Waals surface area contributed by atoms with Crippen molar-refractivity contribution in [1.29, 1.82) is 0 Å². The van der Waals surface area contributed by atoms with Crippen molar-refractivity contribution in [2.45, 2.75) is 6.92 Å². The minimum absolute atomic E-state index is 0.244. The lowest BCUT2D eigenvalue weighted by atomic mass is 10.3. The third kappa shape index (κ3) is 5.68. The number of rotatable bonds is 3. The van der Waals surface area contributed by atoms with Gasteiger partial charge in [0.2, 0.25) is 0 Å². The highest BCUT2D eigenvalue weighted by molar-refractivity contribution is 6.32. The van der Waals surface area contributed by atoms with E-state index in [0.29, 0.717) is 0 Å². The molecule has 0 bridgehead atoms. The molecule has 0 rings (SSSR count). The van der Waals surface area contributed by atoms with Crippen LogP contribution in [0, 0.1) is 0 Å². The third-order valence-corrected chi connectivity index (χ3v) is 0.577. The van der Waals surface area contributed by atoms with E-state index < -0.39 is 7.32 Å². The molecule has 46 valence electrons. The highest BCUT2D eigenvalue weighted by atomic mass is 16.6. The van der Waals surface area contributed by atoms with Gasteiger partial charge in [-0.3, -0.25) is 0 Å². The molecule has 0 radical (unpaired) electrons. The monoisotopic (exact) mass is 116 g/mol. The van der Waals surface area contributed by atoms with E-state index in [9.17, 15) is 0 Å². The van der Waals surface area contributed by atoms with E-state index in [0.717, 1.165) is 0 Å². The fourth-order valence-corrected chi connectivity index (χ4v) is 0.238. The van der Waals surface area contributed by atoms with Gasteiger partial charge in [-0.15, -0.1) is 0 Å². The van der Waals surface area contributed by atoms with Crippen LogP contribution >= 0.6 is 0 Å². The predicted molar refractivity (Wildman–Crippen MR) is 31.0 cm³/mol. The first-order chi connectivity index (χ1) is 3.77. The molecule has 0 aliphatic carbocycles.